The van der Waals surface area contributed by atoms with Gasteiger partial charge in [-0.05, 0) is 31.7 Å². The van der Waals surface area contributed by atoms with Gasteiger partial charge >= 0.3 is 0 Å². The third kappa shape index (κ3) is 2.18. The standard InChI is InChI=1S/C10H14FNO/c1-7(12-2)8-4-5-9(11)10(6-8)13-3/h4-7,12H,1-3H3. The predicted molar refractivity (Wildman–Crippen MR) is 50.4 cm³/mol. The molecule has 0 aliphatic carbocycles. The maximum Gasteiger partial charge on any atom is 0.165 e. The van der Waals surface area contributed by atoms with Gasteiger partial charge in [0.15, 0.2) is 11.6 Å². The van der Waals surface area contributed by atoms with Gasteiger partial charge in [0.25, 0.3) is 0 Å². The van der Waals surface area contributed by atoms with Crippen LogP contribution < -0.4 is 10.1 Å². The van der Waals surface area contributed by atoms with E-state index in [0.29, 0.717) is 5.75 Å². The van der Waals surface area contributed by atoms with Crippen LogP contribution in [-0.2, 0) is 0 Å². The lowest BCUT2D eigenvalue weighted by Crippen LogP contribution is -2.12. The maximum absolute atomic E-state index is 13.0. The van der Waals surface area contributed by atoms with Crippen molar-refractivity contribution in [3.05, 3.63) is 29.6 Å². The van der Waals surface area contributed by atoms with Crippen LogP contribution in [0.2, 0.25) is 0 Å². The fourth-order valence-corrected chi connectivity index (χ4v) is 1.11. The van der Waals surface area contributed by atoms with Gasteiger partial charge in [0.05, 0.1) is 7.11 Å². The number of methoxy groups -OCH3 is 1. The molecule has 0 spiro atoms. The average molecular weight is 183 g/mol. The molecule has 1 rings (SSSR count). The fourth-order valence-electron chi connectivity index (χ4n) is 1.11. The second-order valence-corrected chi connectivity index (χ2v) is 2.90. The van der Waals surface area contributed by atoms with E-state index in [-0.39, 0.29) is 11.9 Å². The van der Waals surface area contributed by atoms with Crippen molar-refractivity contribution in [1.29, 1.82) is 0 Å². The Hall–Kier alpha value is -1.09. The van der Waals surface area contributed by atoms with E-state index in [2.05, 4.69) is 5.32 Å². The van der Waals surface area contributed by atoms with Crippen molar-refractivity contribution < 1.29 is 9.13 Å². The van der Waals surface area contributed by atoms with Gasteiger partial charge in [-0.2, -0.15) is 0 Å². The largest absolute Gasteiger partial charge is 0.494 e. The van der Waals surface area contributed by atoms with E-state index in [1.54, 1.807) is 12.1 Å². The topological polar surface area (TPSA) is 21.3 Å². The highest BCUT2D eigenvalue weighted by Gasteiger charge is 2.07. The molecule has 1 aromatic rings. The number of halogens is 1. The second-order valence-electron chi connectivity index (χ2n) is 2.90. The van der Waals surface area contributed by atoms with Crippen LogP contribution in [0.4, 0.5) is 4.39 Å². The zero-order chi connectivity index (χ0) is 9.84. The second kappa shape index (κ2) is 4.23. The number of benzene rings is 1. The van der Waals surface area contributed by atoms with E-state index in [4.69, 9.17) is 4.74 Å². The number of hydrogen-bond donors (Lipinski definition) is 1. The lowest BCUT2D eigenvalue weighted by atomic mass is 10.1. The molecule has 0 bridgehead atoms. The van der Waals surface area contributed by atoms with Crippen LogP contribution in [-0.4, -0.2) is 14.2 Å². The van der Waals surface area contributed by atoms with E-state index >= 15 is 0 Å². The Morgan fingerprint density at radius 3 is 2.69 bits per heavy atom. The molecule has 72 valence electrons. The van der Waals surface area contributed by atoms with Crippen molar-refractivity contribution in [2.24, 2.45) is 0 Å². The first kappa shape index (κ1) is 9.99. The van der Waals surface area contributed by atoms with Crippen molar-refractivity contribution >= 4 is 0 Å². The molecule has 1 aromatic carbocycles. The van der Waals surface area contributed by atoms with Gasteiger partial charge in [0.1, 0.15) is 0 Å². The minimum Gasteiger partial charge on any atom is -0.494 e. The smallest absolute Gasteiger partial charge is 0.165 e. The Morgan fingerprint density at radius 2 is 2.15 bits per heavy atom. The van der Waals surface area contributed by atoms with Crippen LogP contribution >= 0.6 is 0 Å². The first-order valence-electron chi connectivity index (χ1n) is 4.19. The van der Waals surface area contributed by atoms with E-state index in [0.717, 1.165) is 5.56 Å². The molecule has 0 radical (unpaired) electrons. The van der Waals surface area contributed by atoms with Crippen LogP contribution in [0, 0.1) is 5.82 Å². The van der Waals surface area contributed by atoms with Crippen LogP contribution in [0.1, 0.15) is 18.5 Å². The van der Waals surface area contributed by atoms with Gasteiger partial charge in [-0.15, -0.1) is 0 Å². The molecule has 0 heterocycles. The molecule has 0 saturated carbocycles. The molecule has 0 aromatic heterocycles. The number of rotatable bonds is 3. The van der Waals surface area contributed by atoms with Gasteiger partial charge in [-0.1, -0.05) is 6.07 Å². The molecule has 1 atom stereocenters. The monoisotopic (exact) mass is 183 g/mol. The summed E-state index contributed by atoms with van der Waals surface area (Å²) < 4.78 is 17.9. The lowest BCUT2D eigenvalue weighted by Gasteiger charge is -2.11. The van der Waals surface area contributed by atoms with E-state index < -0.39 is 0 Å². The van der Waals surface area contributed by atoms with Gasteiger partial charge < -0.3 is 10.1 Å². The molecule has 2 nitrogen and oxygen atoms in total. The highest BCUT2D eigenvalue weighted by Crippen LogP contribution is 2.21. The molecule has 13 heavy (non-hydrogen) atoms. The Labute approximate surface area is 77.7 Å². The number of hydrogen-bond acceptors (Lipinski definition) is 2. The molecule has 3 heteroatoms. The molecule has 0 amide bonds. The Kier molecular flexibility index (Phi) is 3.25. The SMILES string of the molecule is CNC(C)c1ccc(F)c(OC)c1. The van der Waals surface area contributed by atoms with Crippen molar-refractivity contribution in [3.63, 3.8) is 0 Å². The first-order chi connectivity index (χ1) is 6.19. The number of ether oxygens (including phenoxy) is 1. The van der Waals surface area contributed by atoms with Gasteiger partial charge in [-0.3, -0.25) is 0 Å². The molecule has 0 aliphatic heterocycles. The van der Waals surface area contributed by atoms with Gasteiger partial charge in [0.2, 0.25) is 0 Å². The highest BCUT2D eigenvalue weighted by atomic mass is 19.1. The molecule has 0 aliphatic rings. The van der Waals surface area contributed by atoms with Crippen LogP contribution in [0.3, 0.4) is 0 Å². The molecule has 0 fully saturated rings. The van der Waals surface area contributed by atoms with Gasteiger partial charge in [-0.25, -0.2) is 4.39 Å². The molecule has 1 unspecified atom stereocenters. The minimum absolute atomic E-state index is 0.203. The minimum atomic E-state index is -0.324. The maximum atomic E-state index is 13.0. The Bertz CT molecular complexity index is 288. The van der Waals surface area contributed by atoms with Crippen LogP contribution in [0.15, 0.2) is 18.2 Å². The Balaban J connectivity index is 2.99. The zero-order valence-electron chi connectivity index (χ0n) is 8.10. The summed E-state index contributed by atoms with van der Waals surface area (Å²) in [5.41, 5.74) is 1.01. The Morgan fingerprint density at radius 1 is 1.46 bits per heavy atom. The summed E-state index contributed by atoms with van der Waals surface area (Å²) in [6.45, 7) is 2.01. The predicted octanol–water partition coefficient (Wildman–Crippen LogP) is 2.11. The third-order valence-corrected chi connectivity index (χ3v) is 2.11. The molecular formula is C10H14FNO. The van der Waals surface area contributed by atoms with E-state index in [1.165, 1.54) is 13.2 Å². The molecule has 0 saturated heterocycles. The van der Waals surface area contributed by atoms with Crippen molar-refractivity contribution in [2.75, 3.05) is 14.2 Å². The van der Waals surface area contributed by atoms with Gasteiger partial charge in [0, 0.05) is 6.04 Å². The summed E-state index contributed by atoms with van der Waals surface area (Å²) in [7, 11) is 3.33. The van der Waals surface area contributed by atoms with Crippen molar-refractivity contribution in [3.8, 4) is 5.75 Å². The molecule has 1 N–H and O–H groups in total. The average Bonchev–Trinajstić information content (AvgIpc) is 2.17. The number of nitrogens with one attached hydrogen (secondary N) is 1. The summed E-state index contributed by atoms with van der Waals surface area (Å²) >= 11 is 0. The summed E-state index contributed by atoms with van der Waals surface area (Å²) in [5, 5.41) is 3.07. The quantitative estimate of drug-likeness (QED) is 0.775. The summed E-state index contributed by atoms with van der Waals surface area (Å²) in [6.07, 6.45) is 0. The summed E-state index contributed by atoms with van der Waals surface area (Å²) in [4.78, 5) is 0. The fraction of sp³-hybridized carbons (Fsp3) is 0.400. The third-order valence-electron chi connectivity index (χ3n) is 2.11. The first-order valence-corrected chi connectivity index (χ1v) is 4.19. The van der Waals surface area contributed by atoms with E-state index in [9.17, 15) is 4.39 Å². The lowest BCUT2D eigenvalue weighted by molar-refractivity contribution is 0.385. The summed E-state index contributed by atoms with van der Waals surface area (Å²) in [5.74, 6) is -0.0332. The zero-order valence-corrected chi connectivity index (χ0v) is 8.10. The van der Waals surface area contributed by atoms with Crippen molar-refractivity contribution in [1.82, 2.24) is 5.32 Å². The normalized spacial score (nSPS) is 12.6. The molecular weight excluding hydrogens is 169 g/mol. The summed E-state index contributed by atoms with van der Waals surface area (Å²) in [6, 6.07) is 5.08. The highest BCUT2D eigenvalue weighted by molar-refractivity contribution is 5.31. The van der Waals surface area contributed by atoms with Crippen LogP contribution in [0.25, 0.3) is 0 Å². The van der Waals surface area contributed by atoms with Crippen LogP contribution in [0.5, 0.6) is 5.75 Å². The van der Waals surface area contributed by atoms with E-state index in [1.807, 2.05) is 14.0 Å². The van der Waals surface area contributed by atoms with Crippen molar-refractivity contribution in [2.45, 2.75) is 13.0 Å².